The van der Waals surface area contributed by atoms with Crippen LogP contribution in [0.5, 0.6) is 0 Å². The first-order valence-electron chi connectivity index (χ1n) is 5.13. The highest BCUT2D eigenvalue weighted by Gasteiger charge is 2.16. The van der Waals surface area contributed by atoms with Gasteiger partial charge in [0.05, 0.1) is 6.54 Å². The van der Waals surface area contributed by atoms with Gasteiger partial charge in [-0.1, -0.05) is 12.1 Å². The van der Waals surface area contributed by atoms with Gasteiger partial charge >= 0.3 is 0 Å². The topological polar surface area (TPSA) is 29.9 Å². The predicted octanol–water partition coefficient (Wildman–Crippen LogP) is 2.61. The van der Waals surface area contributed by atoms with Crippen LogP contribution in [0.4, 0.5) is 11.6 Å². The van der Waals surface area contributed by atoms with Crippen molar-refractivity contribution in [2.45, 2.75) is 20.4 Å². The lowest BCUT2D eigenvalue weighted by molar-refractivity contribution is 0.789. The van der Waals surface area contributed by atoms with Crippen LogP contribution in [0.2, 0.25) is 0 Å². The van der Waals surface area contributed by atoms with Gasteiger partial charge in [0.2, 0.25) is 5.95 Å². The Morgan fingerprint density at radius 1 is 1.33 bits per heavy atom. The molecule has 0 atom stereocenters. The summed E-state index contributed by atoms with van der Waals surface area (Å²) in [5, 5.41) is 3.38. The molecule has 0 bridgehead atoms. The Balaban J connectivity index is 2.17. The van der Waals surface area contributed by atoms with Crippen molar-refractivity contribution >= 4 is 11.6 Å². The van der Waals surface area contributed by atoms with Gasteiger partial charge < -0.3 is 9.88 Å². The van der Waals surface area contributed by atoms with E-state index < -0.39 is 0 Å². The molecule has 1 aliphatic rings. The molecular formula is C12H13N3. The molecule has 0 saturated carbocycles. The number of nitrogens with one attached hydrogen (secondary N) is 1. The van der Waals surface area contributed by atoms with E-state index in [1.807, 2.05) is 12.4 Å². The van der Waals surface area contributed by atoms with Crippen LogP contribution in [-0.4, -0.2) is 9.55 Å². The van der Waals surface area contributed by atoms with Gasteiger partial charge in [-0.3, -0.25) is 0 Å². The number of nitrogens with zero attached hydrogens (tertiary/aromatic N) is 2. The zero-order valence-electron chi connectivity index (χ0n) is 8.91. The number of anilines is 2. The van der Waals surface area contributed by atoms with Crippen molar-refractivity contribution in [2.24, 2.45) is 0 Å². The number of fused-ring (bicyclic) bond motifs is 2. The zero-order valence-corrected chi connectivity index (χ0v) is 8.91. The van der Waals surface area contributed by atoms with Crippen molar-refractivity contribution in [2.75, 3.05) is 5.32 Å². The van der Waals surface area contributed by atoms with E-state index in [0.29, 0.717) is 0 Å². The van der Waals surface area contributed by atoms with Crippen molar-refractivity contribution in [1.82, 2.24) is 9.55 Å². The first kappa shape index (κ1) is 8.53. The number of hydrogen-bond acceptors (Lipinski definition) is 2. The molecule has 0 spiro atoms. The molecule has 0 amide bonds. The van der Waals surface area contributed by atoms with Gasteiger partial charge in [-0.05, 0) is 30.5 Å². The monoisotopic (exact) mass is 199 g/mol. The molecule has 0 unspecified atom stereocenters. The highest BCUT2D eigenvalue weighted by atomic mass is 15.2. The Bertz CT molecular complexity index is 526. The van der Waals surface area contributed by atoms with Crippen LogP contribution in [0.1, 0.15) is 16.7 Å². The Morgan fingerprint density at radius 3 is 3.07 bits per heavy atom. The molecule has 3 heteroatoms. The minimum Gasteiger partial charge on any atom is -0.325 e. The van der Waals surface area contributed by atoms with Gasteiger partial charge in [-0.15, -0.1) is 0 Å². The maximum atomic E-state index is 4.28. The average Bonchev–Trinajstić information content (AvgIpc) is 2.68. The SMILES string of the molecule is Cc1ccc2c(c1C)Nc1nccn1C2. The summed E-state index contributed by atoms with van der Waals surface area (Å²) < 4.78 is 2.12. The fraction of sp³-hybridized carbons (Fsp3) is 0.250. The molecule has 0 saturated heterocycles. The molecule has 0 radical (unpaired) electrons. The first-order valence-corrected chi connectivity index (χ1v) is 5.13. The quantitative estimate of drug-likeness (QED) is 0.603. The Kier molecular flexibility index (Phi) is 1.63. The fourth-order valence-electron chi connectivity index (χ4n) is 2.03. The van der Waals surface area contributed by atoms with Crippen LogP contribution < -0.4 is 5.32 Å². The Hall–Kier alpha value is -1.77. The number of imidazole rings is 1. The number of aryl methyl sites for hydroxylation is 1. The highest BCUT2D eigenvalue weighted by molar-refractivity contribution is 5.67. The van der Waals surface area contributed by atoms with E-state index in [1.54, 1.807) is 0 Å². The van der Waals surface area contributed by atoms with Gasteiger partial charge in [-0.2, -0.15) is 0 Å². The molecule has 2 aromatic rings. The van der Waals surface area contributed by atoms with Crippen LogP contribution in [0.3, 0.4) is 0 Å². The lowest BCUT2D eigenvalue weighted by Gasteiger charge is -2.22. The average molecular weight is 199 g/mol. The summed E-state index contributed by atoms with van der Waals surface area (Å²) in [6.07, 6.45) is 3.83. The van der Waals surface area contributed by atoms with E-state index in [0.717, 1.165) is 12.5 Å². The highest BCUT2D eigenvalue weighted by Crippen LogP contribution is 2.31. The lowest BCUT2D eigenvalue weighted by Crippen LogP contribution is -2.14. The van der Waals surface area contributed by atoms with E-state index >= 15 is 0 Å². The molecule has 2 heterocycles. The smallest absolute Gasteiger partial charge is 0.207 e. The third-order valence-electron chi connectivity index (χ3n) is 3.12. The summed E-state index contributed by atoms with van der Waals surface area (Å²) in [7, 11) is 0. The summed E-state index contributed by atoms with van der Waals surface area (Å²) >= 11 is 0. The summed E-state index contributed by atoms with van der Waals surface area (Å²) in [5.74, 6) is 0.941. The Morgan fingerprint density at radius 2 is 2.20 bits per heavy atom. The first-order chi connectivity index (χ1) is 7.25. The van der Waals surface area contributed by atoms with Crippen molar-refractivity contribution in [3.05, 3.63) is 41.2 Å². The maximum Gasteiger partial charge on any atom is 0.207 e. The number of benzene rings is 1. The van der Waals surface area contributed by atoms with Crippen molar-refractivity contribution in [3.8, 4) is 0 Å². The summed E-state index contributed by atoms with van der Waals surface area (Å²) in [5.41, 5.74) is 5.21. The van der Waals surface area contributed by atoms with Gasteiger partial charge in [0, 0.05) is 18.1 Å². The number of aromatic nitrogens is 2. The van der Waals surface area contributed by atoms with Crippen LogP contribution in [0.15, 0.2) is 24.5 Å². The molecule has 15 heavy (non-hydrogen) atoms. The standard InChI is InChI=1S/C12H13N3/c1-8-3-4-10-7-15-6-5-13-12(15)14-11(10)9(8)2/h3-6H,7H2,1-2H3,(H,13,14). The number of rotatable bonds is 0. The summed E-state index contributed by atoms with van der Waals surface area (Å²) in [4.78, 5) is 4.28. The second kappa shape index (κ2) is 2.86. The largest absolute Gasteiger partial charge is 0.325 e. The second-order valence-corrected chi connectivity index (χ2v) is 4.05. The second-order valence-electron chi connectivity index (χ2n) is 4.05. The molecule has 76 valence electrons. The van der Waals surface area contributed by atoms with E-state index in [2.05, 4.69) is 40.8 Å². The molecule has 1 aliphatic heterocycles. The number of hydrogen-bond donors (Lipinski definition) is 1. The summed E-state index contributed by atoms with van der Waals surface area (Å²) in [6.45, 7) is 5.21. The Labute approximate surface area is 88.8 Å². The normalized spacial score (nSPS) is 12.9. The summed E-state index contributed by atoms with van der Waals surface area (Å²) in [6, 6.07) is 4.37. The van der Waals surface area contributed by atoms with Gasteiger partial charge in [0.15, 0.2) is 0 Å². The molecule has 3 nitrogen and oxygen atoms in total. The van der Waals surface area contributed by atoms with Crippen LogP contribution in [0.25, 0.3) is 0 Å². The van der Waals surface area contributed by atoms with Gasteiger partial charge in [0.25, 0.3) is 0 Å². The van der Waals surface area contributed by atoms with E-state index in [-0.39, 0.29) is 0 Å². The predicted molar refractivity (Wildman–Crippen MR) is 60.5 cm³/mol. The van der Waals surface area contributed by atoms with Crippen molar-refractivity contribution in [1.29, 1.82) is 0 Å². The molecule has 1 aromatic heterocycles. The molecule has 3 rings (SSSR count). The maximum absolute atomic E-state index is 4.28. The van der Waals surface area contributed by atoms with Gasteiger partial charge in [-0.25, -0.2) is 4.98 Å². The van der Waals surface area contributed by atoms with Crippen LogP contribution in [0, 0.1) is 13.8 Å². The molecular weight excluding hydrogens is 186 g/mol. The third-order valence-corrected chi connectivity index (χ3v) is 3.12. The minimum atomic E-state index is 0.915. The minimum absolute atomic E-state index is 0.915. The zero-order chi connectivity index (χ0) is 10.4. The lowest BCUT2D eigenvalue weighted by atomic mass is 10.0. The van der Waals surface area contributed by atoms with E-state index in [9.17, 15) is 0 Å². The van der Waals surface area contributed by atoms with Crippen molar-refractivity contribution in [3.63, 3.8) is 0 Å². The van der Waals surface area contributed by atoms with Crippen LogP contribution >= 0.6 is 0 Å². The molecule has 1 aromatic carbocycles. The molecule has 0 fully saturated rings. The van der Waals surface area contributed by atoms with E-state index in [4.69, 9.17) is 0 Å². The van der Waals surface area contributed by atoms with Gasteiger partial charge in [0.1, 0.15) is 0 Å². The third kappa shape index (κ3) is 1.16. The van der Waals surface area contributed by atoms with Crippen LogP contribution in [-0.2, 0) is 6.54 Å². The fourth-order valence-corrected chi connectivity index (χ4v) is 2.03. The van der Waals surface area contributed by atoms with E-state index in [1.165, 1.54) is 22.4 Å². The van der Waals surface area contributed by atoms with Crippen molar-refractivity contribution < 1.29 is 0 Å². The molecule has 1 N–H and O–H groups in total. The molecule has 0 aliphatic carbocycles.